The Balaban J connectivity index is 1.53. The van der Waals surface area contributed by atoms with Gasteiger partial charge < -0.3 is 10.2 Å². The number of hydrogen-bond donors (Lipinski definition) is 1. The first-order chi connectivity index (χ1) is 13.5. The first-order valence-corrected chi connectivity index (χ1v) is 9.97. The number of piperidine rings is 1. The summed E-state index contributed by atoms with van der Waals surface area (Å²) in [5.74, 6) is -0.169. The SMILES string of the molecule is CC1CCCN(c2nc3ncn(CC(=O)Nc4ccc(F)cc4)c(=O)c3s2)C1. The van der Waals surface area contributed by atoms with Crippen molar-refractivity contribution in [3.63, 3.8) is 0 Å². The standard InChI is InChI=1S/C19H20FN5O2S/c1-12-3-2-8-24(9-12)19-23-17-16(28-19)18(27)25(11-21-17)10-15(26)22-14-6-4-13(20)5-7-14/h4-7,11-12H,2-3,8-10H2,1H3,(H,22,26). The highest BCUT2D eigenvalue weighted by molar-refractivity contribution is 7.22. The lowest BCUT2D eigenvalue weighted by molar-refractivity contribution is -0.116. The van der Waals surface area contributed by atoms with Gasteiger partial charge in [-0.3, -0.25) is 14.2 Å². The van der Waals surface area contributed by atoms with Crippen LogP contribution in [0.3, 0.4) is 0 Å². The summed E-state index contributed by atoms with van der Waals surface area (Å²) in [4.78, 5) is 36.0. The van der Waals surface area contributed by atoms with Gasteiger partial charge in [0.25, 0.3) is 5.56 Å². The van der Waals surface area contributed by atoms with Crippen LogP contribution in [0, 0.1) is 11.7 Å². The molecule has 4 rings (SSSR count). The number of benzene rings is 1. The maximum absolute atomic E-state index is 13.0. The third kappa shape index (κ3) is 3.89. The van der Waals surface area contributed by atoms with Crippen LogP contribution in [0.2, 0.25) is 0 Å². The normalized spacial score (nSPS) is 17.1. The summed E-state index contributed by atoms with van der Waals surface area (Å²) in [6, 6.07) is 5.45. The predicted octanol–water partition coefficient (Wildman–Crippen LogP) is 2.87. The van der Waals surface area contributed by atoms with E-state index in [0.717, 1.165) is 24.6 Å². The lowest BCUT2D eigenvalue weighted by Crippen LogP contribution is -2.34. The molecule has 1 aliphatic rings. The van der Waals surface area contributed by atoms with Crippen molar-refractivity contribution in [2.45, 2.75) is 26.3 Å². The summed E-state index contributed by atoms with van der Waals surface area (Å²) in [6.07, 6.45) is 3.66. The summed E-state index contributed by atoms with van der Waals surface area (Å²) in [5, 5.41) is 3.45. The zero-order valence-electron chi connectivity index (χ0n) is 15.4. The molecule has 1 atom stereocenters. The van der Waals surface area contributed by atoms with Crippen molar-refractivity contribution >= 4 is 38.4 Å². The maximum Gasteiger partial charge on any atom is 0.273 e. The van der Waals surface area contributed by atoms with Crippen LogP contribution in [-0.2, 0) is 11.3 Å². The van der Waals surface area contributed by atoms with Crippen molar-refractivity contribution in [2.24, 2.45) is 5.92 Å². The van der Waals surface area contributed by atoms with Crippen LogP contribution in [0.25, 0.3) is 10.3 Å². The Labute approximate surface area is 164 Å². The summed E-state index contributed by atoms with van der Waals surface area (Å²) in [5.41, 5.74) is 0.597. The Morgan fingerprint density at radius 3 is 2.89 bits per heavy atom. The fourth-order valence-corrected chi connectivity index (χ4v) is 4.34. The van der Waals surface area contributed by atoms with Gasteiger partial charge in [0, 0.05) is 18.8 Å². The first kappa shape index (κ1) is 18.5. The van der Waals surface area contributed by atoms with E-state index in [1.807, 2.05) is 0 Å². The van der Waals surface area contributed by atoms with E-state index >= 15 is 0 Å². The van der Waals surface area contributed by atoms with Crippen LogP contribution in [0.5, 0.6) is 0 Å². The van der Waals surface area contributed by atoms with Gasteiger partial charge in [-0.2, -0.15) is 4.98 Å². The molecule has 9 heteroatoms. The smallest absolute Gasteiger partial charge is 0.273 e. The number of thiazole rings is 1. The fourth-order valence-electron chi connectivity index (χ4n) is 3.33. The zero-order chi connectivity index (χ0) is 19.7. The van der Waals surface area contributed by atoms with Crippen molar-refractivity contribution in [1.29, 1.82) is 0 Å². The molecule has 0 saturated carbocycles. The average molecular weight is 401 g/mol. The van der Waals surface area contributed by atoms with E-state index in [-0.39, 0.29) is 23.8 Å². The van der Waals surface area contributed by atoms with Crippen LogP contribution < -0.4 is 15.8 Å². The highest BCUT2D eigenvalue weighted by Crippen LogP contribution is 2.29. The monoisotopic (exact) mass is 401 g/mol. The van der Waals surface area contributed by atoms with Crippen molar-refractivity contribution in [3.8, 4) is 0 Å². The highest BCUT2D eigenvalue weighted by atomic mass is 32.1. The Morgan fingerprint density at radius 1 is 1.36 bits per heavy atom. The molecule has 1 N–H and O–H groups in total. The number of anilines is 2. The summed E-state index contributed by atoms with van der Waals surface area (Å²) in [6.45, 7) is 3.89. The van der Waals surface area contributed by atoms with Gasteiger partial charge in [-0.25, -0.2) is 9.37 Å². The fraction of sp³-hybridized carbons (Fsp3) is 0.368. The first-order valence-electron chi connectivity index (χ1n) is 9.16. The molecule has 7 nitrogen and oxygen atoms in total. The lowest BCUT2D eigenvalue weighted by Gasteiger charge is -2.30. The van der Waals surface area contributed by atoms with E-state index in [0.29, 0.717) is 22.0 Å². The van der Waals surface area contributed by atoms with Crippen LogP contribution in [0.4, 0.5) is 15.2 Å². The molecule has 1 saturated heterocycles. The number of fused-ring (bicyclic) bond motifs is 1. The van der Waals surface area contributed by atoms with Gasteiger partial charge in [-0.1, -0.05) is 18.3 Å². The molecule has 1 unspecified atom stereocenters. The Bertz CT molecular complexity index is 1060. The topological polar surface area (TPSA) is 80.1 Å². The molecule has 1 fully saturated rings. The molecule has 1 aromatic carbocycles. The molecular formula is C19H20FN5O2S. The van der Waals surface area contributed by atoms with E-state index in [2.05, 4.69) is 27.1 Å². The second kappa shape index (κ2) is 7.67. The maximum atomic E-state index is 13.0. The molecular weight excluding hydrogens is 381 g/mol. The van der Waals surface area contributed by atoms with E-state index < -0.39 is 0 Å². The lowest BCUT2D eigenvalue weighted by atomic mass is 10.0. The van der Waals surface area contributed by atoms with Crippen LogP contribution in [-0.4, -0.2) is 33.5 Å². The van der Waals surface area contributed by atoms with Gasteiger partial charge in [-0.15, -0.1) is 0 Å². The number of aromatic nitrogens is 3. The van der Waals surface area contributed by atoms with E-state index in [9.17, 15) is 14.0 Å². The molecule has 1 amide bonds. The molecule has 28 heavy (non-hydrogen) atoms. The zero-order valence-corrected chi connectivity index (χ0v) is 16.2. The summed E-state index contributed by atoms with van der Waals surface area (Å²) < 4.78 is 14.7. The number of nitrogens with one attached hydrogen (secondary N) is 1. The van der Waals surface area contributed by atoms with Gasteiger partial charge in [0.1, 0.15) is 23.4 Å². The third-order valence-electron chi connectivity index (χ3n) is 4.74. The molecule has 0 radical (unpaired) electrons. The largest absolute Gasteiger partial charge is 0.348 e. The second-order valence-electron chi connectivity index (χ2n) is 7.08. The van der Waals surface area contributed by atoms with Crippen LogP contribution in [0.1, 0.15) is 19.8 Å². The minimum atomic E-state index is -0.385. The summed E-state index contributed by atoms with van der Waals surface area (Å²) >= 11 is 1.32. The molecule has 0 bridgehead atoms. The number of carbonyl (C=O) groups excluding carboxylic acids is 1. The van der Waals surface area contributed by atoms with Crippen molar-refractivity contribution in [1.82, 2.24) is 14.5 Å². The minimum absolute atomic E-state index is 0.173. The van der Waals surface area contributed by atoms with E-state index in [4.69, 9.17) is 0 Å². The molecule has 2 aromatic heterocycles. The van der Waals surface area contributed by atoms with Crippen LogP contribution >= 0.6 is 11.3 Å². The van der Waals surface area contributed by atoms with Gasteiger partial charge in [0.2, 0.25) is 5.91 Å². The molecule has 0 aliphatic carbocycles. The van der Waals surface area contributed by atoms with E-state index in [1.165, 1.54) is 52.9 Å². The molecule has 3 heterocycles. The van der Waals surface area contributed by atoms with E-state index in [1.54, 1.807) is 0 Å². The average Bonchev–Trinajstić information content (AvgIpc) is 3.11. The van der Waals surface area contributed by atoms with Crippen LogP contribution in [0.15, 0.2) is 35.4 Å². The Hall–Kier alpha value is -2.81. The van der Waals surface area contributed by atoms with Crippen molar-refractivity contribution < 1.29 is 9.18 Å². The van der Waals surface area contributed by atoms with Gasteiger partial charge in [0.05, 0.1) is 0 Å². The van der Waals surface area contributed by atoms with Crippen molar-refractivity contribution in [2.75, 3.05) is 23.3 Å². The number of hydrogen-bond acceptors (Lipinski definition) is 6. The molecule has 146 valence electrons. The Morgan fingerprint density at radius 2 is 2.14 bits per heavy atom. The Kier molecular flexibility index (Phi) is 5.08. The summed E-state index contributed by atoms with van der Waals surface area (Å²) in [7, 11) is 0. The van der Waals surface area contributed by atoms with Gasteiger partial charge >= 0.3 is 0 Å². The molecule has 1 aliphatic heterocycles. The number of nitrogens with zero attached hydrogens (tertiary/aromatic N) is 4. The predicted molar refractivity (Wildman–Crippen MR) is 107 cm³/mol. The minimum Gasteiger partial charge on any atom is -0.348 e. The number of rotatable bonds is 4. The van der Waals surface area contributed by atoms with Gasteiger partial charge in [-0.05, 0) is 43.0 Å². The second-order valence-corrected chi connectivity index (χ2v) is 8.05. The third-order valence-corrected chi connectivity index (χ3v) is 5.84. The van der Waals surface area contributed by atoms with Crippen molar-refractivity contribution in [3.05, 3.63) is 46.8 Å². The molecule has 3 aromatic rings. The highest BCUT2D eigenvalue weighted by Gasteiger charge is 2.21. The van der Waals surface area contributed by atoms with Gasteiger partial charge in [0.15, 0.2) is 10.8 Å². The quantitative estimate of drug-likeness (QED) is 0.727. The molecule has 0 spiro atoms. The number of halogens is 1. The number of amides is 1. The number of carbonyl (C=O) groups is 1.